The first-order chi connectivity index (χ1) is 23.3. The van der Waals surface area contributed by atoms with Gasteiger partial charge in [-0.15, -0.1) is 0 Å². The number of benzene rings is 4. The number of halogens is 1. The van der Waals surface area contributed by atoms with Crippen molar-refractivity contribution in [1.29, 1.82) is 0 Å². The number of allylic oxidation sites excluding steroid dienone is 6. The van der Waals surface area contributed by atoms with Gasteiger partial charge in [-0.25, -0.2) is 4.98 Å². The van der Waals surface area contributed by atoms with Crippen LogP contribution in [0.25, 0.3) is 33.3 Å². The van der Waals surface area contributed by atoms with E-state index in [1.165, 1.54) is 11.0 Å². The standard InChI is InChI=1S/C39H25BrN2O6/c40-27-18-30(44)34-26(36(27)45)17-25-23(35(34)33-22-6-2-1-5-19(22)11-16-29(33)43)14-15-24-32(25)39(47)42(38(24)46)21-12-9-20(10-13-21)37-41-28-7-3-4-8-31(28)48-37/h1-14,16,18,24-25,32,35,43H,15,17H2. The molecule has 8 nitrogen and oxygen atoms in total. The van der Waals surface area contributed by atoms with Gasteiger partial charge in [0.05, 0.1) is 22.0 Å². The number of para-hydroxylation sites is 2. The molecule has 1 saturated heterocycles. The van der Waals surface area contributed by atoms with Crippen molar-refractivity contribution in [2.45, 2.75) is 18.8 Å². The molecule has 3 aliphatic carbocycles. The van der Waals surface area contributed by atoms with E-state index in [0.717, 1.165) is 21.9 Å². The summed E-state index contributed by atoms with van der Waals surface area (Å²) in [6, 6.07) is 25.4. The lowest BCUT2D eigenvalue weighted by Gasteiger charge is -2.42. The lowest BCUT2D eigenvalue weighted by atomic mass is 9.59. The van der Waals surface area contributed by atoms with E-state index in [0.29, 0.717) is 45.9 Å². The SMILES string of the molecule is O=C1C=C(Br)C(=O)C2=C1C(c1c(O)ccc3ccccc13)C1=CCC3C(=O)N(c4ccc(-c5nc6ccccc6o5)cc4)C(=O)C3C1C2. The first-order valence-electron chi connectivity index (χ1n) is 15.7. The monoisotopic (exact) mass is 696 g/mol. The highest BCUT2D eigenvalue weighted by molar-refractivity contribution is 9.12. The van der Waals surface area contributed by atoms with E-state index in [4.69, 9.17) is 4.42 Å². The molecular formula is C39H25BrN2O6. The molecule has 1 aromatic heterocycles. The summed E-state index contributed by atoms with van der Waals surface area (Å²) in [4.78, 5) is 61.5. The van der Waals surface area contributed by atoms with Gasteiger partial charge in [-0.1, -0.05) is 54.1 Å². The zero-order valence-corrected chi connectivity index (χ0v) is 26.8. The van der Waals surface area contributed by atoms with Gasteiger partial charge in [0.15, 0.2) is 17.1 Å². The summed E-state index contributed by atoms with van der Waals surface area (Å²) in [5.41, 5.74) is 4.48. The molecule has 1 aliphatic heterocycles. The fourth-order valence-corrected chi connectivity index (χ4v) is 8.58. The topological polar surface area (TPSA) is 118 Å². The number of anilines is 1. The summed E-state index contributed by atoms with van der Waals surface area (Å²) in [5.74, 6) is -3.49. The summed E-state index contributed by atoms with van der Waals surface area (Å²) in [5, 5.41) is 13.0. The third kappa shape index (κ3) is 4.10. The summed E-state index contributed by atoms with van der Waals surface area (Å²) < 4.78 is 6.05. The maximum absolute atomic E-state index is 14.4. The molecule has 0 saturated carbocycles. The van der Waals surface area contributed by atoms with Gasteiger partial charge in [0.2, 0.25) is 17.7 Å². The maximum atomic E-state index is 14.4. The normalized spacial score (nSPS) is 23.7. The molecule has 5 aromatic rings. The van der Waals surface area contributed by atoms with Crippen LogP contribution in [-0.4, -0.2) is 33.5 Å². The van der Waals surface area contributed by atoms with Crippen molar-refractivity contribution in [1.82, 2.24) is 4.98 Å². The third-order valence-electron chi connectivity index (χ3n) is 10.2. The Morgan fingerprint density at radius 2 is 1.62 bits per heavy atom. The van der Waals surface area contributed by atoms with Crippen molar-refractivity contribution in [3.05, 3.63) is 124 Å². The number of rotatable bonds is 3. The molecule has 4 atom stereocenters. The molecule has 9 rings (SSSR count). The van der Waals surface area contributed by atoms with E-state index in [-0.39, 0.29) is 40.0 Å². The number of imide groups is 1. The van der Waals surface area contributed by atoms with Crippen LogP contribution in [0, 0.1) is 17.8 Å². The molecule has 2 amide bonds. The Morgan fingerprint density at radius 1 is 0.854 bits per heavy atom. The first kappa shape index (κ1) is 28.8. The van der Waals surface area contributed by atoms with E-state index in [1.807, 2.05) is 60.7 Å². The maximum Gasteiger partial charge on any atom is 0.238 e. The molecule has 0 radical (unpaired) electrons. The molecule has 1 fully saturated rings. The smallest absolute Gasteiger partial charge is 0.238 e. The molecule has 4 unspecified atom stereocenters. The van der Waals surface area contributed by atoms with Gasteiger partial charge in [-0.05, 0) is 87.9 Å². The van der Waals surface area contributed by atoms with Crippen LogP contribution in [0.1, 0.15) is 24.3 Å². The number of phenolic OH excluding ortho intramolecular Hbond substituents is 1. The largest absolute Gasteiger partial charge is 0.508 e. The number of Topliss-reactive ketones (excluding diaryl/α,β-unsaturated/α-hetero) is 1. The minimum absolute atomic E-state index is 0.00225. The predicted molar refractivity (Wildman–Crippen MR) is 182 cm³/mol. The minimum atomic E-state index is -0.758. The van der Waals surface area contributed by atoms with Gasteiger partial charge in [-0.2, -0.15) is 0 Å². The molecule has 9 heteroatoms. The summed E-state index contributed by atoms with van der Waals surface area (Å²) in [6.45, 7) is 0. The van der Waals surface area contributed by atoms with Gasteiger partial charge in [0, 0.05) is 34.3 Å². The Bertz CT molecular complexity index is 2350. The molecule has 2 heterocycles. The van der Waals surface area contributed by atoms with Gasteiger partial charge in [0.25, 0.3) is 0 Å². The zero-order valence-electron chi connectivity index (χ0n) is 25.2. The molecule has 4 aliphatic rings. The average Bonchev–Trinajstić information content (AvgIpc) is 3.65. The third-order valence-corrected chi connectivity index (χ3v) is 10.8. The van der Waals surface area contributed by atoms with E-state index < -0.39 is 23.7 Å². The van der Waals surface area contributed by atoms with Crippen molar-refractivity contribution in [3.63, 3.8) is 0 Å². The number of phenols is 1. The zero-order chi connectivity index (χ0) is 32.8. The second kappa shape index (κ2) is 10.6. The van der Waals surface area contributed by atoms with Crippen LogP contribution >= 0.6 is 15.9 Å². The number of hydrogen-bond donors (Lipinski definition) is 1. The lowest BCUT2D eigenvalue weighted by Crippen LogP contribution is -2.39. The number of hydrogen-bond acceptors (Lipinski definition) is 7. The van der Waals surface area contributed by atoms with Crippen LogP contribution in [0.2, 0.25) is 0 Å². The van der Waals surface area contributed by atoms with Crippen molar-refractivity contribution >= 4 is 66.9 Å². The summed E-state index contributed by atoms with van der Waals surface area (Å²) in [6.07, 6.45) is 3.68. The van der Waals surface area contributed by atoms with Crippen molar-refractivity contribution < 1.29 is 28.7 Å². The van der Waals surface area contributed by atoms with E-state index in [2.05, 4.69) is 20.9 Å². The van der Waals surface area contributed by atoms with Gasteiger partial charge < -0.3 is 9.52 Å². The van der Waals surface area contributed by atoms with E-state index in [9.17, 15) is 24.3 Å². The summed E-state index contributed by atoms with van der Waals surface area (Å²) >= 11 is 3.28. The highest BCUT2D eigenvalue weighted by Gasteiger charge is 2.57. The number of nitrogens with zero attached hydrogens (tertiary/aromatic N) is 2. The molecule has 4 aromatic carbocycles. The Labute approximate surface area is 282 Å². The van der Waals surface area contributed by atoms with Crippen LogP contribution in [0.4, 0.5) is 5.69 Å². The van der Waals surface area contributed by atoms with Crippen molar-refractivity contribution in [2.75, 3.05) is 4.90 Å². The molecular weight excluding hydrogens is 672 g/mol. The Kier molecular flexibility index (Phi) is 6.33. The molecule has 48 heavy (non-hydrogen) atoms. The second-order valence-electron chi connectivity index (χ2n) is 12.7. The average molecular weight is 698 g/mol. The Hall–Kier alpha value is -5.41. The summed E-state index contributed by atoms with van der Waals surface area (Å²) in [7, 11) is 0. The molecule has 1 N–H and O–H groups in total. The number of aromatic nitrogens is 1. The number of ketones is 2. The van der Waals surface area contributed by atoms with Crippen LogP contribution in [0.3, 0.4) is 0 Å². The van der Waals surface area contributed by atoms with E-state index >= 15 is 0 Å². The number of carbonyl (C=O) groups is 4. The predicted octanol–water partition coefficient (Wildman–Crippen LogP) is 7.32. The number of fused-ring (bicyclic) bond motifs is 5. The quantitative estimate of drug-likeness (QED) is 0.119. The van der Waals surface area contributed by atoms with Crippen LogP contribution < -0.4 is 4.90 Å². The number of amides is 2. The van der Waals surface area contributed by atoms with Crippen LogP contribution in [0.5, 0.6) is 5.75 Å². The van der Waals surface area contributed by atoms with Crippen molar-refractivity contribution in [3.8, 4) is 17.2 Å². The number of aromatic hydroxyl groups is 1. The number of carbonyl (C=O) groups excluding carboxylic acids is 4. The van der Waals surface area contributed by atoms with Crippen molar-refractivity contribution in [2.24, 2.45) is 17.8 Å². The van der Waals surface area contributed by atoms with Gasteiger partial charge in [0.1, 0.15) is 11.3 Å². The highest BCUT2D eigenvalue weighted by atomic mass is 79.9. The van der Waals surface area contributed by atoms with Gasteiger partial charge >= 0.3 is 0 Å². The number of oxazole rings is 1. The van der Waals surface area contributed by atoms with Crippen LogP contribution in [0.15, 0.2) is 123 Å². The Morgan fingerprint density at radius 3 is 2.44 bits per heavy atom. The highest BCUT2D eigenvalue weighted by Crippen LogP contribution is 2.57. The first-order valence-corrected chi connectivity index (χ1v) is 16.5. The minimum Gasteiger partial charge on any atom is -0.508 e. The lowest BCUT2D eigenvalue weighted by molar-refractivity contribution is -0.123. The second-order valence-corrected chi connectivity index (χ2v) is 13.5. The molecule has 0 bridgehead atoms. The van der Waals surface area contributed by atoms with Crippen LogP contribution in [-0.2, 0) is 19.2 Å². The fraction of sp³-hybridized carbons (Fsp3) is 0.154. The molecule has 0 spiro atoms. The van der Waals surface area contributed by atoms with Gasteiger partial charge in [-0.3, -0.25) is 24.1 Å². The molecule has 234 valence electrons. The fourth-order valence-electron chi connectivity index (χ4n) is 8.13. The van der Waals surface area contributed by atoms with E-state index in [1.54, 1.807) is 30.3 Å². The Balaban J connectivity index is 1.12.